The standard InChI is InChI=1S/2C4H5N3O2.Ag.ClHO4.3H2O/c2*1-3-5-2-4(6-3)7(8)9;;2-1(3,4)5;;;/h2*2H,1H3,(H,5,6);;(H,2,3,4,5);3*1H2/q;;+1;;;;/p-1. The van der Waals surface area contributed by atoms with E-state index >= 15 is 0 Å². The zero-order valence-corrected chi connectivity index (χ0v) is 15.6. The van der Waals surface area contributed by atoms with Gasteiger partial charge in [0.2, 0.25) is 0 Å². The van der Waals surface area contributed by atoms with Gasteiger partial charge < -0.3 is 36.7 Å². The zero-order valence-electron chi connectivity index (χ0n) is 13.4. The van der Waals surface area contributed by atoms with Crippen LogP contribution in [0.2, 0.25) is 0 Å². The normalized spacial score (nSPS) is 8.52. The van der Waals surface area contributed by atoms with Gasteiger partial charge in [0.15, 0.2) is 11.6 Å². The molecule has 27 heavy (non-hydrogen) atoms. The second kappa shape index (κ2) is 16.2. The van der Waals surface area contributed by atoms with Gasteiger partial charge in [0.05, 0.1) is 0 Å². The summed E-state index contributed by atoms with van der Waals surface area (Å²) >= 11 is 0. The van der Waals surface area contributed by atoms with E-state index in [9.17, 15) is 20.2 Å². The van der Waals surface area contributed by atoms with Gasteiger partial charge in [0, 0.05) is 13.8 Å². The van der Waals surface area contributed by atoms with Gasteiger partial charge in [-0.3, -0.25) is 0 Å². The predicted octanol–water partition coefficient (Wildman–Crippen LogP) is -5.98. The molecule has 0 radical (unpaired) electrons. The molecule has 0 bridgehead atoms. The molecule has 0 unspecified atom stereocenters. The number of hydrogen-bond donors (Lipinski definition) is 2. The van der Waals surface area contributed by atoms with Crippen molar-refractivity contribution >= 4 is 11.6 Å². The number of nitro groups is 2. The van der Waals surface area contributed by atoms with Crippen LogP contribution in [-0.4, -0.2) is 46.2 Å². The van der Waals surface area contributed by atoms with Crippen LogP contribution in [0.3, 0.4) is 0 Å². The maximum absolute atomic E-state index is 9.95. The SMILES string of the molecule is Cc1ncc([N+](=O)[O-])[nH]1.Cc1ncc([N+](=O)[O-])[nH]1.O.O.O.[Ag+].[O-][Cl+3]([O-])([O-])[O-]. The Hall–Kier alpha value is -2.03. The van der Waals surface area contributed by atoms with Crippen molar-refractivity contribution in [1.29, 1.82) is 0 Å². The second-order valence-electron chi connectivity index (χ2n) is 3.60. The van der Waals surface area contributed by atoms with Gasteiger partial charge >= 0.3 is 34.0 Å². The molecule has 2 rings (SSSR count). The van der Waals surface area contributed by atoms with Crippen molar-refractivity contribution in [2.45, 2.75) is 13.8 Å². The van der Waals surface area contributed by atoms with E-state index in [1.807, 2.05) is 0 Å². The van der Waals surface area contributed by atoms with E-state index in [0.29, 0.717) is 11.6 Å². The topological polar surface area (TPSA) is 330 Å². The third-order valence-corrected chi connectivity index (χ3v) is 1.77. The van der Waals surface area contributed by atoms with Gasteiger partial charge in [-0.15, -0.1) is 10.2 Å². The summed E-state index contributed by atoms with van der Waals surface area (Å²) in [5.41, 5.74) is 0. The molecule has 0 fully saturated rings. The van der Waals surface area contributed by atoms with Crippen LogP contribution in [-0.2, 0) is 22.4 Å². The number of aromatic nitrogens is 4. The van der Waals surface area contributed by atoms with Crippen LogP contribution in [0.4, 0.5) is 11.6 Å². The summed E-state index contributed by atoms with van der Waals surface area (Å²) in [4.78, 5) is 31.1. The molecule has 0 amide bonds. The van der Waals surface area contributed by atoms with Crippen LogP contribution < -0.4 is 18.6 Å². The summed E-state index contributed by atoms with van der Waals surface area (Å²) in [7, 11) is -4.94. The molecule has 8 N–H and O–H groups in total. The average molecular weight is 516 g/mol. The van der Waals surface area contributed by atoms with Gasteiger partial charge in [0.25, 0.3) is 0 Å². The second-order valence-corrected chi connectivity index (χ2v) is 4.36. The van der Waals surface area contributed by atoms with Gasteiger partial charge in [-0.25, -0.2) is 38.6 Å². The fraction of sp³-hybridized carbons (Fsp3) is 0.250. The van der Waals surface area contributed by atoms with E-state index in [1.54, 1.807) is 13.8 Å². The maximum Gasteiger partial charge on any atom is 1.00 e. The van der Waals surface area contributed by atoms with E-state index in [4.69, 9.17) is 18.6 Å². The number of aryl methyl sites for hydroxylation is 2. The zero-order chi connectivity index (χ0) is 18.2. The van der Waals surface area contributed by atoms with Crippen molar-refractivity contribution in [3.05, 3.63) is 44.3 Å². The van der Waals surface area contributed by atoms with Crippen LogP contribution in [0.1, 0.15) is 11.6 Å². The maximum atomic E-state index is 9.95. The minimum Gasteiger partial charge on any atom is -0.412 e. The molecule has 0 atom stereocenters. The number of hydrogen-bond acceptors (Lipinski definition) is 10. The van der Waals surface area contributed by atoms with Crippen molar-refractivity contribution in [3.63, 3.8) is 0 Å². The Bertz CT molecular complexity index is 603. The number of H-pyrrole nitrogens is 2. The Balaban J connectivity index is -0.0000000867. The fourth-order valence-electron chi connectivity index (χ4n) is 1.00. The van der Waals surface area contributed by atoms with Crippen LogP contribution in [0, 0.1) is 44.3 Å². The van der Waals surface area contributed by atoms with Gasteiger partial charge in [0.1, 0.15) is 12.4 Å². The largest absolute Gasteiger partial charge is 1.00 e. The molecule has 0 saturated heterocycles. The van der Waals surface area contributed by atoms with Crippen molar-refractivity contribution < 1.29 is 77.5 Å². The van der Waals surface area contributed by atoms with Gasteiger partial charge in [-0.2, -0.15) is 0 Å². The van der Waals surface area contributed by atoms with Crippen molar-refractivity contribution in [1.82, 2.24) is 19.9 Å². The molecule has 2 heterocycles. The molecule has 17 nitrogen and oxygen atoms in total. The first-order chi connectivity index (χ1) is 10.4. The number of imidazole rings is 2. The summed E-state index contributed by atoms with van der Waals surface area (Å²) in [6.45, 7) is 3.32. The molecule has 0 aromatic carbocycles. The van der Waals surface area contributed by atoms with Crippen molar-refractivity contribution in [3.8, 4) is 0 Å². The van der Waals surface area contributed by atoms with Gasteiger partial charge in [-0.05, 0) is 9.85 Å². The smallest absolute Gasteiger partial charge is 0.412 e. The summed E-state index contributed by atoms with van der Waals surface area (Å²) in [6, 6.07) is 0. The average Bonchev–Trinajstić information content (AvgIpc) is 2.96. The number of nitrogens with one attached hydrogen (secondary N) is 2. The third-order valence-electron chi connectivity index (χ3n) is 1.77. The Morgan fingerprint density at radius 3 is 1.11 bits per heavy atom. The molecular weight excluding hydrogens is 499 g/mol. The van der Waals surface area contributed by atoms with Crippen LogP contribution >= 0.6 is 0 Å². The Morgan fingerprint density at radius 1 is 0.815 bits per heavy atom. The molecule has 162 valence electrons. The summed E-state index contributed by atoms with van der Waals surface area (Å²) in [6.07, 6.45) is 2.38. The Labute approximate surface area is 167 Å². The summed E-state index contributed by atoms with van der Waals surface area (Å²) < 4.78 is 34.0. The first kappa shape index (κ1) is 36.0. The number of rotatable bonds is 2. The van der Waals surface area contributed by atoms with Crippen LogP contribution in [0.15, 0.2) is 12.4 Å². The van der Waals surface area contributed by atoms with Gasteiger partial charge in [-0.1, -0.05) is 0 Å². The van der Waals surface area contributed by atoms with Crippen molar-refractivity contribution in [2.24, 2.45) is 0 Å². The molecule has 0 spiro atoms. The molecule has 0 aliphatic rings. The van der Waals surface area contributed by atoms with E-state index in [0.717, 1.165) is 0 Å². The van der Waals surface area contributed by atoms with E-state index < -0.39 is 20.1 Å². The minimum atomic E-state index is -4.94. The van der Waals surface area contributed by atoms with E-state index in [-0.39, 0.29) is 50.4 Å². The number of halogens is 1. The predicted molar refractivity (Wildman–Crippen MR) is 70.8 cm³/mol. The van der Waals surface area contributed by atoms with Crippen LogP contribution in [0.5, 0.6) is 0 Å². The first-order valence-corrected chi connectivity index (χ1v) is 6.57. The molecule has 0 aliphatic carbocycles. The van der Waals surface area contributed by atoms with E-state index in [1.165, 1.54) is 12.4 Å². The van der Waals surface area contributed by atoms with Crippen molar-refractivity contribution in [2.75, 3.05) is 0 Å². The summed E-state index contributed by atoms with van der Waals surface area (Å²) in [5, 5.41) is 19.9. The Morgan fingerprint density at radius 2 is 1.04 bits per heavy atom. The number of nitrogens with zero attached hydrogens (tertiary/aromatic N) is 4. The molecule has 19 heteroatoms. The molecule has 2 aromatic rings. The molecule has 0 saturated carbocycles. The molecular formula is C8H16AgClN6O11. The molecule has 0 aliphatic heterocycles. The monoisotopic (exact) mass is 514 g/mol. The quantitative estimate of drug-likeness (QED) is 0.216. The Kier molecular flexibility index (Phi) is 21.5. The fourth-order valence-corrected chi connectivity index (χ4v) is 1.00. The van der Waals surface area contributed by atoms with E-state index in [2.05, 4.69) is 19.9 Å². The summed E-state index contributed by atoms with van der Waals surface area (Å²) in [5.74, 6) is 0.989. The first-order valence-electron chi connectivity index (χ1n) is 5.34. The molecule has 2 aromatic heterocycles. The minimum absolute atomic E-state index is 0. The number of aromatic amines is 2. The van der Waals surface area contributed by atoms with Crippen LogP contribution in [0.25, 0.3) is 0 Å². The third kappa shape index (κ3) is 20.1.